The van der Waals surface area contributed by atoms with E-state index >= 15 is 0 Å². The molecule has 1 heterocycles. The molecule has 0 unspecified atom stereocenters. The van der Waals surface area contributed by atoms with Crippen molar-refractivity contribution in [3.05, 3.63) is 29.5 Å². The maximum atomic E-state index is 6.06. The fourth-order valence-corrected chi connectivity index (χ4v) is 1.75. The molecule has 0 radical (unpaired) electrons. The second kappa shape index (κ2) is 4.52. The molecule has 0 aliphatic rings. The molecule has 2 rings (SSSR count). The van der Waals surface area contributed by atoms with E-state index in [4.69, 9.17) is 16.2 Å². The van der Waals surface area contributed by atoms with E-state index in [2.05, 4.69) is 9.97 Å². The Morgan fingerprint density at radius 1 is 1.11 bits per heavy atom. The number of nitrogen functional groups attached to an aromatic ring is 2. The number of aromatic nitrogens is 2. The minimum absolute atomic E-state index is 0.491. The molecule has 0 saturated carbocycles. The Kier molecular flexibility index (Phi) is 3.06. The highest BCUT2D eigenvalue weighted by Crippen LogP contribution is 2.32. The molecule has 0 saturated heterocycles. The van der Waals surface area contributed by atoms with Crippen molar-refractivity contribution in [2.45, 2.75) is 13.8 Å². The van der Waals surface area contributed by atoms with Gasteiger partial charge in [-0.2, -0.15) is 4.98 Å². The van der Waals surface area contributed by atoms with Gasteiger partial charge < -0.3 is 16.2 Å². The first-order valence-electron chi connectivity index (χ1n) is 5.57. The van der Waals surface area contributed by atoms with Gasteiger partial charge in [0, 0.05) is 23.1 Å². The average Bonchev–Trinajstić information content (AvgIpc) is 2.34. The summed E-state index contributed by atoms with van der Waals surface area (Å²) in [6.45, 7) is 3.79. The lowest BCUT2D eigenvalue weighted by Gasteiger charge is -2.11. The Balaban J connectivity index is 2.69. The third-order valence-corrected chi connectivity index (χ3v) is 2.76. The molecule has 0 amide bonds. The van der Waals surface area contributed by atoms with Gasteiger partial charge in [-0.1, -0.05) is 6.07 Å². The highest BCUT2D eigenvalue weighted by molar-refractivity contribution is 5.85. The molecule has 0 aliphatic carbocycles. The molecule has 1 aromatic heterocycles. The molecule has 18 heavy (non-hydrogen) atoms. The number of hydrogen-bond acceptors (Lipinski definition) is 5. The van der Waals surface area contributed by atoms with E-state index < -0.39 is 0 Å². The van der Waals surface area contributed by atoms with Crippen molar-refractivity contribution in [1.29, 1.82) is 0 Å². The molecule has 5 nitrogen and oxygen atoms in total. The van der Waals surface area contributed by atoms with Gasteiger partial charge in [0.2, 0.25) is 5.88 Å². The maximum Gasteiger partial charge on any atom is 0.216 e. The molecular formula is C13H16N4O. The average molecular weight is 244 g/mol. The van der Waals surface area contributed by atoms with Gasteiger partial charge in [0.1, 0.15) is 0 Å². The zero-order valence-corrected chi connectivity index (χ0v) is 10.7. The van der Waals surface area contributed by atoms with Crippen molar-refractivity contribution in [2.75, 3.05) is 18.6 Å². The molecule has 0 atom stereocenters. The number of aryl methyl sites for hydroxylation is 2. The monoisotopic (exact) mass is 244 g/mol. The minimum atomic E-state index is 0.491. The zero-order chi connectivity index (χ0) is 13.3. The van der Waals surface area contributed by atoms with Crippen molar-refractivity contribution in [3.63, 3.8) is 0 Å². The Morgan fingerprint density at radius 2 is 1.83 bits per heavy atom. The van der Waals surface area contributed by atoms with E-state index in [-0.39, 0.29) is 0 Å². The molecule has 4 N–H and O–H groups in total. The molecule has 0 spiro atoms. The molecule has 0 aliphatic heterocycles. The van der Waals surface area contributed by atoms with Gasteiger partial charge in [-0.3, -0.25) is 0 Å². The smallest absolute Gasteiger partial charge is 0.216 e. The van der Waals surface area contributed by atoms with Gasteiger partial charge in [-0.15, -0.1) is 0 Å². The van der Waals surface area contributed by atoms with Crippen molar-refractivity contribution in [3.8, 4) is 17.3 Å². The summed E-state index contributed by atoms with van der Waals surface area (Å²) in [6.07, 6.45) is 0. The molecule has 2 aromatic rings. The first kappa shape index (κ1) is 12.2. The summed E-state index contributed by atoms with van der Waals surface area (Å²) in [5, 5.41) is 0. The van der Waals surface area contributed by atoms with Gasteiger partial charge in [0.25, 0.3) is 0 Å². The Labute approximate surface area is 106 Å². The first-order chi connectivity index (χ1) is 8.52. The highest BCUT2D eigenvalue weighted by atomic mass is 16.5. The molecule has 5 heteroatoms. The van der Waals surface area contributed by atoms with Crippen LogP contribution in [-0.2, 0) is 0 Å². The normalized spacial score (nSPS) is 10.4. The lowest BCUT2D eigenvalue weighted by atomic mass is 10.1. The molecule has 0 bridgehead atoms. The summed E-state index contributed by atoms with van der Waals surface area (Å²) in [7, 11) is 1.56. The lowest BCUT2D eigenvalue weighted by Crippen LogP contribution is -2.03. The summed E-state index contributed by atoms with van der Waals surface area (Å²) in [6, 6.07) is 5.44. The van der Waals surface area contributed by atoms with Crippen LogP contribution in [0, 0.1) is 13.8 Å². The second-order valence-corrected chi connectivity index (χ2v) is 4.14. The van der Waals surface area contributed by atoms with Crippen LogP contribution in [0.2, 0.25) is 0 Å². The third kappa shape index (κ3) is 2.07. The predicted molar refractivity (Wildman–Crippen MR) is 72.3 cm³/mol. The van der Waals surface area contributed by atoms with Crippen LogP contribution in [0.1, 0.15) is 11.3 Å². The maximum absolute atomic E-state index is 6.06. The number of methoxy groups -OCH3 is 1. The van der Waals surface area contributed by atoms with Crippen LogP contribution in [0.15, 0.2) is 18.2 Å². The molecule has 1 aromatic carbocycles. The topological polar surface area (TPSA) is 87.0 Å². The van der Waals surface area contributed by atoms with Gasteiger partial charge in [-0.25, -0.2) is 4.98 Å². The van der Waals surface area contributed by atoms with Crippen LogP contribution in [0.3, 0.4) is 0 Å². The van der Waals surface area contributed by atoms with Crippen molar-refractivity contribution < 1.29 is 4.74 Å². The number of benzene rings is 1. The van der Waals surface area contributed by atoms with Crippen LogP contribution in [0.25, 0.3) is 11.4 Å². The Morgan fingerprint density at radius 3 is 2.50 bits per heavy atom. The summed E-state index contributed by atoms with van der Waals surface area (Å²) < 4.78 is 5.13. The largest absolute Gasteiger partial charge is 0.481 e. The minimum Gasteiger partial charge on any atom is -0.481 e. The molecule has 0 fully saturated rings. The van der Waals surface area contributed by atoms with Crippen molar-refractivity contribution >= 4 is 11.4 Å². The number of anilines is 2. The number of hydrogen-bond donors (Lipinski definition) is 2. The fraction of sp³-hybridized carbons (Fsp3) is 0.231. The number of rotatable bonds is 2. The molecular weight excluding hydrogens is 228 g/mol. The Hall–Kier alpha value is -2.30. The van der Waals surface area contributed by atoms with Crippen LogP contribution >= 0.6 is 0 Å². The van der Waals surface area contributed by atoms with E-state index in [1.165, 1.54) is 0 Å². The lowest BCUT2D eigenvalue weighted by molar-refractivity contribution is 0.397. The quantitative estimate of drug-likeness (QED) is 0.788. The summed E-state index contributed by atoms with van der Waals surface area (Å²) in [5.74, 6) is 0.989. The summed E-state index contributed by atoms with van der Waals surface area (Å²) >= 11 is 0. The van der Waals surface area contributed by atoms with Crippen molar-refractivity contribution in [1.82, 2.24) is 9.97 Å². The van der Waals surface area contributed by atoms with Gasteiger partial charge >= 0.3 is 0 Å². The van der Waals surface area contributed by atoms with Gasteiger partial charge in [0.15, 0.2) is 5.82 Å². The van der Waals surface area contributed by atoms with E-state index in [1.807, 2.05) is 19.9 Å². The van der Waals surface area contributed by atoms with Crippen LogP contribution < -0.4 is 16.2 Å². The second-order valence-electron chi connectivity index (χ2n) is 4.14. The number of nitrogens with zero attached hydrogens (tertiary/aromatic N) is 2. The predicted octanol–water partition coefficient (Wildman–Crippen LogP) is 1.93. The highest BCUT2D eigenvalue weighted by Gasteiger charge is 2.13. The fourth-order valence-electron chi connectivity index (χ4n) is 1.75. The SMILES string of the molecule is COc1cc(C)nc(-c2c(N)ccc(C)c2N)n1. The van der Waals surface area contributed by atoms with Gasteiger partial charge in [0.05, 0.1) is 12.7 Å². The third-order valence-electron chi connectivity index (χ3n) is 2.76. The Bertz CT molecular complexity index is 596. The van der Waals surface area contributed by atoms with E-state index in [0.717, 1.165) is 11.3 Å². The zero-order valence-electron chi connectivity index (χ0n) is 10.7. The van der Waals surface area contributed by atoms with Crippen LogP contribution in [0.4, 0.5) is 11.4 Å². The van der Waals surface area contributed by atoms with E-state index in [1.54, 1.807) is 19.2 Å². The standard InChI is InChI=1S/C13H16N4O/c1-7-4-5-9(14)11(12(7)15)13-16-8(2)6-10(17-13)18-3/h4-6H,14-15H2,1-3H3. The van der Waals surface area contributed by atoms with Crippen LogP contribution in [0.5, 0.6) is 5.88 Å². The van der Waals surface area contributed by atoms with Gasteiger partial charge in [-0.05, 0) is 25.5 Å². The summed E-state index contributed by atoms with van der Waals surface area (Å²) in [5.41, 5.74) is 15.6. The first-order valence-corrected chi connectivity index (χ1v) is 5.57. The van der Waals surface area contributed by atoms with Crippen molar-refractivity contribution in [2.24, 2.45) is 0 Å². The number of ether oxygens (including phenoxy) is 1. The van der Waals surface area contributed by atoms with E-state index in [9.17, 15) is 0 Å². The number of nitrogens with two attached hydrogens (primary N) is 2. The summed E-state index contributed by atoms with van der Waals surface area (Å²) in [4.78, 5) is 8.66. The molecule has 94 valence electrons. The van der Waals surface area contributed by atoms with E-state index in [0.29, 0.717) is 28.6 Å². The van der Waals surface area contributed by atoms with Crippen LogP contribution in [-0.4, -0.2) is 17.1 Å².